The van der Waals surface area contributed by atoms with Crippen LogP contribution in [0.4, 0.5) is 9.59 Å². The van der Waals surface area contributed by atoms with Crippen LogP contribution in [0.25, 0.3) is 0 Å². The average molecular weight is 802 g/mol. The molecule has 2 aliphatic rings. The number of urea groups is 1. The largest absolute Gasteiger partial charge is 0.444 e. The predicted molar refractivity (Wildman–Crippen MR) is 220 cm³/mol. The van der Waals surface area contributed by atoms with E-state index >= 15 is 0 Å². The van der Waals surface area contributed by atoms with Crippen molar-refractivity contribution in [1.82, 2.24) is 35.3 Å². The van der Waals surface area contributed by atoms with Gasteiger partial charge in [0.1, 0.15) is 12.6 Å². The van der Waals surface area contributed by atoms with Crippen LogP contribution in [0.5, 0.6) is 0 Å². The van der Waals surface area contributed by atoms with Crippen LogP contribution in [0.3, 0.4) is 0 Å². The molecule has 2 aromatic carbocycles. The van der Waals surface area contributed by atoms with Crippen LogP contribution in [0.2, 0.25) is 0 Å². The predicted octanol–water partition coefficient (Wildman–Crippen LogP) is 6.49. The molecule has 6 rings (SSSR count). The monoisotopic (exact) mass is 801 g/mol. The number of hydrogen-bond acceptors (Lipinski definition) is 10. The summed E-state index contributed by atoms with van der Waals surface area (Å²) in [6, 6.07) is 19.0. The number of aromatic nitrogens is 2. The third-order valence-corrected chi connectivity index (χ3v) is 12.4. The van der Waals surface area contributed by atoms with E-state index in [1.54, 1.807) is 39.9 Å². The highest BCUT2D eigenvalue weighted by atomic mass is 32.1. The summed E-state index contributed by atoms with van der Waals surface area (Å²) >= 11 is 3.05. The summed E-state index contributed by atoms with van der Waals surface area (Å²) in [6.07, 6.45) is 5.00. The Morgan fingerprint density at radius 3 is 2.20 bits per heavy atom. The number of alkyl carbamates (subject to hydrolysis) is 1. The second-order valence-corrected chi connectivity index (χ2v) is 16.9. The highest BCUT2D eigenvalue weighted by molar-refractivity contribution is 7.09. The maximum Gasteiger partial charge on any atom is 0.407 e. The number of thiazole rings is 2. The minimum atomic E-state index is -0.623. The van der Waals surface area contributed by atoms with Gasteiger partial charge in [-0.15, -0.1) is 22.7 Å². The lowest BCUT2D eigenvalue weighted by Gasteiger charge is -2.45. The van der Waals surface area contributed by atoms with E-state index in [0.717, 1.165) is 46.2 Å². The molecule has 0 unspecified atom stereocenters. The highest BCUT2D eigenvalue weighted by Gasteiger charge is 2.40. The van der Waals surface area contributed by atoms with Gasteiger partial charge in [0.25, 0.3) is 0 Å². The van der Waals surface area contributed by atoms with E-state index in [1.165, 1.54) is 11.3 Å². The van der Waals surface area contributed by atoms with Crippen LogP contribution >= 0.6 is 22.7 Å². The quantitative estimate of drug-likeness (QED) is 0.132. The molecule has 4 aromatic rings. The number of carbonyl (C=O) groups is 3. The van der Waals surface area contributed by atoms with Crippen molar-refractivity contribution in [3.05, 3.63) is 104 Å². The van der Waals surface area contributed by atoms with Gasteiger partial charge in [-0.1, -0.05) is 74.5 Å². The first-order valence-corrected chi connectivity index (χ1v) is 21.4. The zero-order valence-corrected chi connectivity index (χ0v) is 34.3. The molecular formula is C42H55N7O5S2. The number of hydrogen-bond donors (Lipinski definition) is 2. The van der Waals surface area contributed by atoms with Crippen LogP contribution in [0, 0.1) is 0 Å². The molecule has 56 heavy (non-hydrogen) atoms. The highest BCUT2D eigenvalue weighted by Crippen LogP contribution is 2.26. The Labute approximate surface area is 338 Å². The van der Waals surface area contributed by atoms with Gasteiger partial charge in [0.2, 0.25) is 5.91 Å². The zero-order chi connectivity index (χ0) is 39.3. The topological polar surface area (TPSA) is 129 Å². The number of piperidine rings is 1. The van der Waals surface area contributed by atoms with Crippen LogP contribution < -0.4 is 10.6 Å². The Morgan fingerprint density at radius 2 is 1.59 bits per heavy atom. The van der Waals surface area contributed by atoms with Gasteiger partial charge in [-0.3, -0.25) is 14.7 Å². The summed E-state index contributed by atoms with van der Waals surface area (Å²) in [6.45, 7) is 8.18. The van der Waals surface area contributed by atoms with E-state index < -0.39 is 12.1 Å². The molecule has 300 valence electrons. The van der Waals surface area contributed by atoms with Crippen molar-refractivity contribution in [2.45, 2.75) is 95.6 Å². The minimum absolute atomic E-state index is 0.146. The van der Waals surface area contributed by atoms with Crippen molar-refractivity contribution < 1.29 is 23.9 Å². The summed E-state index contributed by atoms with van der Waals surface area (Å²) in [5.41, 5.74) is 4.76. The molecule has 14 heteroatoms. The smallest absolute Gasteiger partial charge is 0.407 e. The number of benzene rings is 2. The summed E-state index contributed by atoms with van der Waals surface area (Å²) in [4.78, 5) is 57.4. The molecule has 0 spiro atoms. The molecule has 2 saturated heterocycles. The molecule has 2 fully saturated rings. The number of morpholine rings is 1. The molecule has 0 bridgehead atoms. The molecule has 2 N–H and O–H groups in total. The number of nitrogens with zero attached hydrogens (tertiary/aromatic N) is 5. The van der Waals surface area contributed by atoms with E-state index in [1.807, 2.05) is 53.9 Å². The normalized spacial score (nSPS) is 18.6. The average Bonchev–Trinajstić information content (AvgIpc) is 3.93. The number of carbonyl (C=O) groups excluding carboxylic acids is 3. The molecular weight excluding hydrogens is 747 g/mol. The molecule has 4 amide bonds. The van der Waals surface area contributed by atoms with Crippen molar-refractivity contribution in [3.8, 4) is 0 Å². The second-order valence-electron chi connectivity index (χ2n) is 15.1. The molecule has 2 aromatic heterocycles. The first kappa shape index (κ1) is 41.3. The third kappa shape index (κ3) is 12.1. The molecule has 0 aliphatic carbocycles. The van der Waals surface area contributed by atoms with E-state index in [9.17, 15) is 14.4 Å². The Hall–Kier alpha value is -4.37. The lowest BCUT2D eigenvalue weighted by atomic mass is 9.94. The summed E-state index contributed by atoms with van der Waals surface area (Å²) in [7, 11) is 1.80. The van der Waals surface area contributed by atoms with Gasteiger partial charge in [0.05, 0.1) is 40.8 Å². The maximum absolute atomic E-state index is 14.5. The molecule has 0 saturated carbocycles. The van der Waals surface area contributed by atoms with Gasteiger partial charge >= 0.3 is 12.1 Å². The fourth-order valence-corrected chi connectivity index (χ4v) is 8.80. The Kier molecular flexibility index (Phi) is 15.3. The second kappa shape index (κ2) is 20.7. The molecule has 4 heterocycles. The third-order valence-electron chi connectivity index (χ3n) is 10.5. The SMILES string of the molecule is CC(C)c1nc(CN(C)C(=O)N2C[C@@H](N3CCOCC3)CC[C@H]2C(=O)N[C@H](CC[C@H](Cc2ccccc2)NC(=O)OCc2cncs2)Cc2ccccc2)cs1. The molecule has 2 aliphatic heterocycles. The van der Waals surface area contributed by atoms with E-state index in [0.29, 0.717) is 64.3 Å². The van der Waals surface area contributed by atoms with Crippen molar-refractivity contribution in [2.75, 3.05) is 39.9 Å². The van der Waals surface area contributed by atoms with Crippen LogP contribution in [0.15, 0.2) is 77.8 Å². The molecule has 0 radical (unpaired) electrons. The van der Waals surface area contributed by atoms with Gasteiger partial charge in [-0.2, -0.15) is 0 Å². The Bertz CT molecular complexity index is 1800. The Morgan fingerprint density at radius 1 is 0.929 bits per heavy atom. The number of rotatable bonds is 16. The van der Waals surface area contributed by atoms with Gasteiger partial charge < -0.3 is 29.9 Å². The maximum atomic E-state index is 14.5. The lowest BCUT2D eigenvalue weighted by Crippen LogP contribution is -2.62. The summed E-state index contributed by atoms with van der Waals surface area (Å²) in [5, 5.41) is 9.55. The molecule has 4 atom stereocenters. The van der Waals surface area contributed by atoms with Crippen molar-refractivity contribution in [1.29, 1.82) is 0 Å². The molecule has 12 nitrogen and oxygen atoms in total. The van der Waals surface area contributed by atoms with Crippen molar-refractivity contribution in [3.63, 3.8) is 0 Å². The Balaban J connectivity index is 1.17. The van der Waals surface area contributed by atoms with Crippen LogP contribution in [-0.4, -0.2) is 107 Å². The van der Waals surface area contributed by atoms with Gasteiger partial charge in [0.15, 0.2) is 0 Å². The van der Waals surface area contributed by atoms with E-state index in [2.05, 4.69) is 46.5 Å². The van der Waals surface area contributed by atoms with E-state index in [-0.39, 0.29) is 36.7 Å². The van der Waals surface area contributed by atoms with Gasteiger partial charge in [-0.25, -0.2) is 14.6 Å². The van der Waals surface area contributed by atoms with Crippen molar-refractivity contribution in [2.24, 2.45) is 0 Å². The summed E-state index contributed by atoms with van der Waals surface area (Å²) in [5.74, 6) is 0.163. The fraction of sp³-hybridized carbons (Fsp3) is 0.500. The van der Waals surface area contributed by atoms with Crippen LogP contribution in [0.1, 0.15) is 72.2 Å². The standard InChI is InChI=1S/C42H55N7O5S2/c1-30(2)40-45-35(28-55-40)25-47(3)42(52)49-26-36(48-18-20-53-21-19-48)16-17-38(49)39(50)44-33(22-31-10-6-4-7-11-31)14-15-34(23-32-12-8-5-9-13-32)46-41(51)54-27-37-24-43-29-56-37/h4-13,24,28-30,33-34,36,38H,14-23,25-27H2,1-3H3,(H,44,50)(H,46,51)/t33-,34-,36+,38+/m1/s1. The summed E-state index contributed by atoms with van der Waals surface area (Å²) < 4.78 is 11.2. The van der Waals surface area contributed by atoms with Crippen LogP contribution in [-0.2, 0) is 40.3 Å². The fourth-order valence-electron chi connectivity index (χ4n) is 7.47. The van der Waals surface area contributed by atoms with Gasteiger partial charge in [-0.05, 0) is 49.7 Å². The lowest BCUT2D eigenvalue weighted by molar-refractivity contribution is -0.128. The first-order chi connectivity index (χ1) is 27.2. The first-order valence-electron chi connectivity index (χ1n) is 19.7. The van der Waals surface area contributed by atoms with Gasteiger partial charge in [0, 0.05) is 62.3 Å². The minimum Gasteiger partial charge on any atom is -0.444 e. The number of amides is 4. The zero-order valence-electron chi connectivity index (χ0n) is 32.7. The number of nitrogens with one attached hydrogen (secondary N) is 2. The van der Waals surface area contributed by atoms with E-state index in [4.69, 9.17) is 14.5 Å². The van der Waals surface area contributed by atoms with Crippen molar-refractivity contribution >= 4 is 40.7 Å². The number of ether oxygens (including phenoxy) is 2. The number of likely N-dealkylation sites (tertiary alicyclic amines) is 1.